The summed E-state index contributed by atoms with van der Waals surface area (Å²) in [7, 11) is 0. The van der Waals surface area contributed by atoms with Crippen molar-refractivity contribution in [2.45, 2.75) is 31.7 Å². The van der Waals surface area contributed by atoms with Crippen LogP contribution in [0, 0.1) is 29.5 Å². The molecule has 1 aliphatic heterocycles. The second-order valence-electron chi connectivity index (χ2n) is 8.63. The maximum atomic E-state index is 13.3. The van der Waals surface area contributed by atoms with Gasteiger partial charge in [-0.15, -0.1) is 0 Å². The summed E-state index contributed by atoms with van der Waals surface area (Å²) in [6, 6.07) is 13.9. The highest BCUT2D eigenvalue weighted by molar-refractivity contribution is 6.10. The third-order valence-electron chi connectivity index (χ3n) is 6.96. The molecule has 1 saturated heterocycles. The molecular weight excluding hydrogens is 383 g/mol. The second-order valence-corrected chi connectivity index (χ2v) is 8.63. The topological polar surface area (TPSA) is 66.5 Å². The fourth-order valence-electron chi connectivity index (χ4n) is 5.64. The number of carbonyl (C=O) groups excluding carboxylic acids is 3. The van der Waals surface area contributed by atoms with Crippen molar-refractivity contribution in [3.8, 4) is 0 Å². The monoisotopic (exact) mass is 406 g/mol. The van der Waals surface area contributed by atoms with E-state index in [9.17, 15) is 18.8 Å². The van der Waals surface area contributed by atoms with Gasteiger partial charge in [-0.05, 0) is 60.9 Å². The molecule has 1 N–H and O–H groups in total. The summed E-state index contributed by atoms with van der Waals surface area (Å²) in [5, 5.41) is 2.76. The molecule has 2 saturated carbocycles. The first-order valence-corrected chi connectivity index (χ1v) is 10.5. The molecule has 0 unspecified atom stereocenters. The summed E-state index contributed by atoms with van der Waals surface area (Å²) in [4.78, 5) is 41.0. The largest absolute Gasteiger partial charge is 0.324 e. The number of likely N-dealkylation sites (tertiary alicyclic amines) is 1. The predicted molar refractivity (Wildman–Crippen MR) is 109 cm³/mol. The number of hydrogen-bond donors (Lipinski definition) is 1. The Morgan fingerprint density at radius 2 is 1.57 bits per heavy atom. The predicted octanol–water partition coefficient (Wildman–Crippen LogP) is 3.41. The van der Waals surface area contributed by atoms with Gasteiger partial charge in [-0.2, -0.15) is 0 Å². The number of imide groups is 1. The maximum absolute atomic E-state index is 13.3. The average molecular weight is 406 g/mol. The highest BCUT2D eigenvalue weighted by Crippen LogP contribution is 2.56. The van der Waals surface area contributed by atoms with E-state index < -0.39 is 17.8 Å². The molecule has 0 aromatic heterocycles. The van der Waals surface area contributed by atoms with Crippen molar-refractivity contribution in [3.05, 3.63) is 66.0 Å². The summed E-state index contributed by atoms with van der Waals surface area (Å²) >= 11 is 0. The highest BCUT2D eigenvalue weighted by Gasteiger charge is 2.62. The van der Waals surface area contributed by atoms with Crippen LogP contribution in [0.4, 0.5) is 10.1 Å². The van der Waals surface area contributed by atoms with Gasteiger partial charge in [0.2, 0.25) is 17.7 Å². The van der Waals surface area contributed by atoms with Crippen molar-refractivity contribution < 1.29 is 18.8 Å². The number of nitrogens with zero attached hydrogens (tertiary/aromatic N) is 1. The smallest absolute Gasteiger partial charge is 0.248 e. The van der Waals surface area contributed by atoms with Gasteiger partial charge in [0.25, 0.3) is 0 Å². The van der Waals surface area contributed by atoms with Crippen molar-refractivity contribution in [3.63, 3.8) is 0 Å². The molecule has 3 amide bonds. The van der Waals surface area contributed by atoms with Crippen LogP contribution in [0.3, 0.4) is 0 Å². The molecule has 30 heavy (non-hydrogen) atoms. The van der Waals surface area contributed by atoms with Crippen LogP contribution in [0.15, 0.2) is 54.6 Å². The van der Waals surface area contributed by atoms with Crippen molar-refractivity contribution in [1.82, 2.24) is 4.90 Å². The van der Waals surface area contributed by atoms with Crippen molar-refractivity contribution in [2.24, 2.45) is 23.7 Å². The van der Waals surface area contributed by atoms with E-state index in [4.69, 9.17) is 0 Å². The molecule has 3 fully saturated rings. The van der Waals surface area contributed by atoms with Crippen LogP contribution in [0.2, 0.25) is 0 Å². The number of fused-ring (bicyclic) bond motifs is 5. The molecule has 2 aliphatic carbocycles. The zero-order valence-corrected chi connectivity index (χ0v) is 16.5. The number of carbonyl (C=O) groups is 3. The summed E-state index contributed by atoms with van der Waals surface area (Å²) in [6.45, 7) is 0. The molecule has 3 aliphatic rings. The van der Waals surface area contributed by atoms with Crippen LogP contribution in [-0.4, -0.2) is 28.7 Å². The van der Waals surface area contributed by atoms with Crippen molar-refractivity contribution in [1.29, 1.82) is 0 Å². The molecular formula is C24H23FN2O3. The molecule has 5 nitrogen and oxygen atoms in total. The number of amides is 3. The minimum atomic E-state index is -0.928. The minimum Gasteiger partial charge on any atom is -0.324 e. The van der Waals surface area contributed by atoms with Crippen LogP contribution in [-0.2, 0) is 20.8 Å². The zero-order chi connectivity index (χ0) is 20.8. The Labute approximate surface area is 174 Å². The van der Waals surface area contributed by atoms with Crippen LogP contribution in [0.1, 0.15) is 24.8 Å². The van der Waals surface area contributed by atoms with E-state index in [1.165, 1.54) is 29.2 Å². The van der Waals surface area contributed by atoms with Crippen LogP contribution < -0.4 is 5.32 Å². The van der Waals surface area contributed by atoms with Gasteiger partial charge >= 0.3 is 0 Å². The molecule has 1 heterocycles. The van der Waals surface area contributed by atoms with Crippen LogP contribution in [0.5, 0.6) is 0 Å². The summed E-state index contributed by atoms with van der Waals surface area (Å²) in [6.07, 6.45) is 3.18. The van der Waals surface area contributed by atoms with Gasteiger partial charge in [0.15, 0.2) is 0 Å². The van der Waals surface area contributed by atoms with Crippen molar-refractivity contribution in [2.75, 3.05) is 5.32 Å². The molecule has 5 atom stereocenters. The fourth-order valence-corrected chi connectivity index (χ4v) is 5.64. The lowest BCUT2D eigenvalue weighted by molar-refractivity contribution is -0.147. The maximum Gasteiger partial charge on any atom is 0.248 e. The Hall–Kier alpha value is -3.02. The summed E-state index contributed by atoms with van der Waals surface area (Å²) in [5.74, 6) is -1.25. The summed E-state index contributed by atoms with van der Waals surface area (Å²) < 4.78 is 13.2. The standard InChI is InChI=1S/C24H23FN2O3/c25-17-8-10-18(11-9-17)26-22(28)19(12-14-4-2-1-3-5-14)27-23(29)20-15-6-7-16(13-15)21(20)24(27)30/h1-5,8-11,15-16,19-21H,6-7,12-13H2,(H,26,28)/t15-,16+,19-,20+,21+/m1/s1. The number of halogens is 1. The van der Waals surface area contributed by atoms with E-state index in [0.717, 1.165) is 24.8 Å². The SMILES string of the molecule is O=C(Nc1ccc(F)cc1)[C@@H](Cc1ccccc1)N1C(=O)[C@H]2[C@@H]3CC[C@@H](C3)[C@@H]2C1=O. The van der Waals surface area contributed by atoms with Gasteiger partial charge in [0.1, 0.15) is 11.9 Å². The third-order valence-corrected chi connectivity index (χ3v) is 6.96. The highest BCUT2D eigenvalue weighted by atomic mass is 19.1. The Morgan fingerprint density at radius 1 is 0.967 bits per heavy atom. The van der Waals surface area contributed by atoms with Gasteiger partial charge in [-0.1, -0.05) is 30.3 Å². The minimum absolute atomic E-state index is 0.201. The fraction of sp³-hybridized carbons (Fsp3) is 0.375. The van der Waals surface area contributed by atoms with E-state index in [1.54, 1.807) is 0 Å². The van der Waals surface area contributed by atoms with E-state index in [2.05, 4.69) is 5.32 Å². The molecule has 2 aromatic rings. The van der Waals surface area contributed by atoms with Crippen LogP contribution >= 0.6 is 0 Å². The molecule has 6 heteroatoms. The Bertz CT molecular complexity index is 963. The van der Waals surface area contributed by atoms with Crippen molar-refractivity contribution >= 4 is 23.4 Å². The number of anilines is 1. The van der Waals surface area contributed by atoms with E-state index in [-0.39, 0.29) is 41.9 Å². The van der Waals surface area contributed by atoms with Gasteiger partial charge in [0, 0.05) is 12.1 Å². The van der Waals surface area contributed by atoms with Crippen LogP contribution in [0.25, 0.3) is 0 Å². The lowest BCUT2D eigenvalue weighted by atomic mass is 9.81. The molecule has 0 radical (unpaired) electrons. The lowest BCUT2D eigenvalue weighted by Crippen LogP contribution is -2.49. The third kappa shape index (κ3) is 3.11. The number of benzene rings is 2. The lowest BCUT2D eigenvalue weighted by Gasteiger charge is -2.27. The number of hydrogen-bond acceptors (Lipinski definition) is 3. The Morgan fingerprint density at radius 3 is 2.17 bits per heavy atom. The van der Waals surface area contributed by atoms with E-state index in [1.807, 2.05) is 30.3 Å². The number of rotatable bonds is 5. The summed E-state index contributed by atoms with van der Waals surface area (Å²) in [5.41, 5.74) is 1.30. The molecule has 0 spiro atoms. The Balaban J connectivity index is 1.45. The average Bonchev–Trinajstić information content (AvgIpc) is 3.43. The first-order valence-electron chi connectivity index (χ1n) is 10.5. The molecule has 5 rings (SSSR count). The van der Waals surface area contributed by atoms with Gasteiger partial charge in [0.05, 0.1) is 11.8 Å². The van der Waals surface area contributed by atoms with Gasteiger partial charge in [-0.25, -0.2) is 4.39 Å². The van der Waals surface area contributed by atoms with Gasteiger partial charge < -0.3 is 5.32 Å². The van der Waals surface area contributed by atoms with E-state index >= 15 is 0 Å². The Kier molecular flexibility index (Phi) is 4.65. The molecule has 154 valence electrons. The first-order chi connectivity index (χ1) is 14.5. The second kappa shape index (κ2) is 7.35. The normalized spacial score (nSPS) is 28.0. The first kappa shape index (κ1) is 19.0. The zero-order valence-electron chi connectivity index (χ0n) is 16.5. The van der Waals surface area contributed by atoms with E-state index in [0.29, 0.717) is 5.69 Å². The quantitative estimate of drug-likeness (QED) is 0.774. The van der Waals surface area contributed by atoms with Gasteiger partial charge in [-0.3, -0.25) is 19.3 Å². The molecule has 2 aromatic carbocycles. The molecule has 2 bridgehead atoms. The number of nitrogens with one attached hydrogen (secondary N) is 1.